The highest BCUT2D eigenvalue weighted by Gasteiger charge is 2.09. The number of carbonyl (C=O) groups is 1. The van der Waals surface area contributed by atoms with E-state index in [0.717, 1.165) is 5.56 Å². The van der Waals surface area contributed by atoms with E-state index >= 15 is 0 Å². The molecule has 0 atom stereocenters. The zero-order valence-electron chi connectivity index (χ0n) is 11.1. The Morgan fingerprint density at radius 2 is 1.80 bits per heavy atom. The first-order chi connectivity index (χ1) is 9.58. The van der Waals surface area contributed by atoms with Crippen molar-refractivity contribution in [2.24, 2.45) is 0 Å². The monoisotopic (exact) mass is 272 g/mol. The normalized spacial score (nSPS) is 10.2. The fourth-order valence-corrected chi connectivity index (χ4v) is 1.89. The third-order valence-electron chi connectivity index (χ3n) is 2.73. The summed E-state index contributed by atoms with van der Waals surface area (Å²) in [6.07, 6.45) is 0. The molecule has 0 saturated carbocycles. The Bertz CT molecular complexity index is 606. The number of amides is 1. The first kappa shape index (κ1) is 13.9. The molecule has 0 radical (unpaired) electrons. The van der Waals surface area contributed by atoms with Gasteiger partial charge in [0.15, 0.2) is 0 Å². The van der Waals surface area contributed by atoms with Gasteiger partial charge >= 0.3 is 0 Å². The van der Waals surface area contributed by atoms with E-state index in [-0.39, 0.29) is 17.1 Å². The van der Waals surface area contributed by atoms with E-state index in [0.29, 0.717) is 12.2 Å². The largest absolute Gasteiger partial charge is 0.508 e. The number of rotatable bonds is 4. The molecule has 0 fully saturated rings. The molecular weight excluding hydrogens is 256 g/mol. The number of anilines is 1. The van der Waals surface area contributed by atoms with E-state index in [1.54, 1.807) is 6.07 Å². The van der Waals surface area contributed by atoms with E-state index in [9.17, 15) is 15.0 Å². The molecule has 2 aromatic rings. The van der Waals surface area contributed by atoms with E-state index < -0.39 is 5.91 Å². The second kappa shape index (κ2) is 6.08. The summed E-state index contributed by atoms with van der Waals surface area (Å²) in [5.74, 6) is -0.698. The fourth-order valence-electron chi connectivity index (χ4n) is 1.89. The van der Waals surface area contributed by atoms with Gasteiger partial charge in [-0.25, -0.2) is 0 Å². The van der Waals surface area contributed by atoms with Gasteiger partial charge in [0.25, 0.3) is 5.91 Å². The Morgan fingerprint density at radius 1 is 1.10 bits per heavy atom. The summed E-state index contributed by atoms with van der Waals surface area (Å²) in [5, 5.41) is 24.5. The maximum atomic E-state index is 12.0. The third kappa shape index (κ3) is 3.49. The maximum absolute atomic E-state index is 12.0. The van der Waals surface area contributed by atoms with E-state index in [2.05, 4.69) is 10.6 Å². The molecule has 1 amide bonds. The molecule has 4 N–H and O–H groups in total. The van der Waals surface area contributed by atoms with Crippen LogP contribution < -0.4 is 10.6 Å². The van der Waals surface area contributed by atoms with Crippen molar-refractivity contribution in [3.05, 3.63) is 53.6 Å². The lowest BCUT2D eigenvalue weighted by molar-refractivity contribution is 0.102. The van der Waals surface area contributed by atoms with Crippen molar-refractivity contribution in [3.63, 3.8) is 0 Å². The zero-order chi connectivity index (χ0) is 14.5. The summed E-state index contributed by atoms with van der Waals surface area (Å²) in [6, 6.07) is 11.2. The number of nitrogens with one attached hydrogen (secondary N) is 2. The highest BCUT2D eigenvalue weighted by atomic mass is 16.3. The molecule has 0 aliphatic rings. The van der Waals surface area contributed by atoms with Crippen LogP contribution in [0, 0.1) is 0 Å². The summed E-state index contributed by atoms with van der Waals surface area (Å²) in [7, 11) is 1.85. The van der Waals surface area contributed by atoms with Crippen molar-refractivity contribution in [2.75, 3.05) is 12.4 Å². The van der Waals surface area contributed by atoms with Crippen LogP contribution in [0.3, 0.4) is 0 Å². The first-order valence-electron chi connectivity index (χ1n) is 6.16. The Morgan fingerprint density at radius 3 is 2.45 bits per heavy atom. The Balaban J connectivity index is 2.16. The van der Waals surface area contributed by atoms with Crippen molar-refractivity contribution < 1.29 is 15.0 Å². The molecule has 5 heteroatoms. The summed E-state index contributed by atoms with van der Waals surface area (Å²) >= 11 is 0. The summed E-state index contributed by atoms with van der Waals surface area (Å²) < 4.78 is 0. The predicted octanol–water partition coefficient (Wildman–Crippen LogP) is 2.07. The molecule has 0 spiro atoms. The van der Waals surface area contributed by atoms with E-state index in [1.807, 2.05) is 25.2 Å². The van der Waals surface area contributed by atoms with Crippen molar-refractivity contribution in [1.29, 1.82) is 0 Å². The van der Waals surface area contributed by atoms with Crippen LogP contribution in [0.15, 0.2) is 42.5 Å². The number of carbonyl (C=O) groups excluding carboxylic acids is 1. The quantitative estimate of drug-likeness (QED) is 0.687. The minimum absolute atomic E-state index is 0.154. The molecule has 20 heavy (non-hydrogen) atoms. The second-order valence-corrected chi connectivity index (χ2v) is 4.42. The smallest absolute Gasteiger partial charge is 0.255 e. The van der Waals surface area contributed by atoms with Gasteiger partial charge in [0, 0.05) is 23.9 Å². The van der Waals surface area contributed by atoms with Crippen molar-refractivity contribution in [2.45, 2.75) is 6.54 Å². The Hall–Kier alpha value is -2.53. The summed E-state index contributed by atoms with van der Waals surface area (Å²) in [5.41, 5.74) is 1.90. The standard InChI is InChI=1S/C15H16N2O3/c1-16-9-10-3-2-4-12(5-10)17-15(20)11-6-13(18)8-14(19)7-11/h2-8,16,18-19H,9H2,1H3,(H,17,20). The fraction of sp³-hybridized carbons (Fsp3) is 0.133. The third-order valence-corrected chi connectivity index (χ3v) is 2.73. The topological polar surface area (TPSA) is 81.6 Å². The lowest BCUT2D eigenvalue weighted by atomic mass is 10.1. The highest BCUT2D eigenvalue weighted by Crippen LogP contribution is 2.21. The number of benzene rings is 2. The van der Waals surface area contributed by atoms with Crippen molar-refractivity contribution >= 4 is 11.6 Å². The summed E-state index contributed by atoms with van der Waals surface area (Å²) in [6.45, 7) is 0.705. The van der Waals surface area contributed by atoms with Gasteiger partial charge in [-0.05, 0) is 36.9 Å². The molecule has 0 aliphatic carbocycles. The van der Waals surface area contributed by atoms with Crippen molar-refractivity contribution in [3.8, 4) is 11.5 Å². The number of phenolic OH excluding ortho intramolecular Hbond substituents is 2. The maximum Gasteiger partial charge on any atom is 0.255 e. The van der Waals surface area contributed by atoms with Crippen LogP contribution in [0.2, 0.25) is 0 Å². The number of hydrogen-bond donors (Lipinski definition) is 4. The molecule has 5 nitrogen and oxygen atoms in total. The van der Waals surface area contributed by atoms with Crippen LogP contribution in [0.4, 0.5) is 5.69 Å². The second-order valence-electron chi connectivity index (χ2n) is 4.42. The lowest BCUT2D eigenvalue weighted by Gasteiger charge is -2.08. The predicted molar refractivity (Wildman–Crippen MR) is 76.9 cm³/mol. The van der Waals surface area contributed by atoms with Crippen LogP contribution in [0.25, 0.3) is 0 Å². The first-order valence-corrected chi connectivity index (χ1v) is 6.16. The van der Waals surface area contributed by atoms with Gasteiger partial charge in [-0.2, -0.15) is 0 Å². The molecule has 0 bridgehead atoms. The molecular formula is C15H16N2O3. The average molecular weight is 272 g/mol. The molecule has 2 rings (SSSR count). The minimum atomic E-state index is -0.391. The van der Waals surface area contributed by atoms with E-state index in [4.69, 9.17) is 0 Å². The van der Waals surface area contributed by atoms with Gasteiger partial charge in [0.2, 0.25) is 0 Å². The van der Waals surface area contributed by atoms with Crippen molar-refractivity contribution in [1.82, 2.24) is 5.32 Å². The van der Waals surface area contributed by atoms with Crippen LogP contribution in [0.5, 0.6) is 11.5 Å². The molecule has 0 aromatic heterocycles. The van der Waals surface area contributed by atoms with Gasteiger partial charge in [0.05, 0.1) is 0 Å². The summed E-state index contributed by atoms with van der Waals surface area (Å²) in [4.78, 5) is 12.0. The molecule has 2 aromatic carbocycles. The highest BCUT2D eigenvalue weighted by molar-refractivity contribution is 6.04. The Kier molecular flexibility index (Phi) is 4.22. The van der Waals surface area contributed by atoms with Crippen LogP contribution in [-0.4, -0.2) is 23.2 Å². The van der Waals surface area contributed by atoms with Gasteiger partial charge in [-0.15, -0.1) is 0 Å². The van der Waals surface area contributed by atoms with Gasteiger partial charge in [-0.3, -0.25) is 4.79 Å². The van der Waals surface area contributed by atoms with Gasteiger partial charge in [-0.1, -0.05) is 12.1 Å². The van der Waals surface area contributed by atoms with Crippen LogP contribution in [-0.2, 0) is 6.54 Å². The molecule has 104 valence electrons. The molecule has 0 saturated heterocycles. The minimum Gasteiger partial charge on any atom is -0.508 e. The van der Waals surface area contributed by atoms with Gasteiger partial charge < -0.3 is 20.8 Å². The number of hydrogen-bond acceptors (Lipinski definition) is 4. The average Bonchev–Trinajstić information content (AvgIpc) is 2.38. The SMILES string of the molecule is CNCc1cccc(NC(=O)c2cc(O)cc(O)c2)c1. The number of aromatic hydroxyl groups is 2. The number of phenols is 2. The van der Waals surface area contributed by atoms with Crippen LogP contribution in [0.1, 0.15) is 15.9 Å². The molecule has 0 unspecified atom stereocenters. The Labute approximate surface area is 116 Å². The lowest BCUT2D eigenvalue weighted by Crippen LogP contribution is -2.12. The van der Waals surface area contributed by atoms with Crippen LogP contribution >= 0.6 is 0 Å². The zero-order valence-corrected chi connectivity index (χ0v) is 11.1. The molecule has 0 aliphatic heterocycles. The van der Waals surface area contributed by atoms with Gasteiger partial charge in [0.1, 0.15) is 11.5 Å². The van der Waals surface area contributed by atoms with E-state index in [1.165, 1.54) is 18.2 Å². The molecule has 0 heterocycles.